The van der Waals surface area contributed by atoms with Gasteiger partial charge in [-0.2, -0.15) is 0 Å². The molecule has 0 bridgehead atoms. The molecule has 0 saturated carbocycles. The highest BCUT2D eigenvalue weighted by Gasteiger charge is 2.39. The zero-order valence-electron chi connectivity index (χ0n) is 55.3. The molecule has 0 spiro atoms. The first-order chi connectivity index (χ1) is 47.6. The number of hydrogen-bond acceptors (Lipinski definition) is 14. The van der Waals surface area contributed by atoms with Gasteiger partial charge >= 0.3 is 12.1 Å². The maximum atomic E-state index is 14.1. The number of H-pyrrole nitrogens is 2. The first-order valence-electron chi connectivity index (χ1n) is 34.0. The predicted octanol–water partition coefficient (Wildman–Crippen LogP) is 13.9. The summed E-state index contributed by atoms with van der Waals surface area (Å²) in [6.45, 7) is 9.94. The number of aromatic nitrogens is 4. The molecule has 8 heterocycles. The lowest BCUT2D eigenvalue weighted by Crippen LogP contribution is -2.45. The van der Waals surface area contributed by atoms with Gasteiger partial charge in [0.1, 0.15) is 52.5 Å². The van der Waals surface area contributed by atoms with Crippen LogP contribution in [0.25, 0.3) is 67.1 Å². The lowest BCUT2D eigenvalue weighted by Gasteiger charge is -2.28. The van der Waals surface area contributed by atoms with Crippen molar-refractivity contribution >= 4 is 69.0 Å². The Labute approximate surface area is 567 Å². The number of esters is 1. The lowest BCUT2D eigenvalue weighted by molar-refractivity contribution is -0.153. The Morgan fingerprint density at radius 2 is 1.10 bits per heavy atom. The quantitative estimate of drug-likeness (QED) is 0.0371. The standard InChI is InChI=1S/C51H54N6O8.C26H27N5O2/c1-31(2)63-51(62)55-46(36-15-9-6-10-16-36)50(61)56-25-11-17-41(56)47-52-30-40(54-47)37-21-24-43-38(28-37)29-44(65-43)35-19-22-39(23-20-35)53-48(59)42-18-12-26-57(42)49(60)32(3)27-45(58)64-33(4)34-13-7-5-8-14-34;32-26(21-4-2-12-28-21)30-19-8-5-16(6-9-19)24-14-18-13-17(7-10-23(18)33-24)22-15-29-25(31-22)20-3-1-11-27-20/h5-10,13-16,19-24,28-33,41-42,46H,11-12,17-18,25-27H2,1-4H3,(H,52,54)(H,53,59)(H,55,62);5-10,13-15,20-21,27-28H,1-4,11-12H2,(H,29,31)(H,30,32)/t32-,33?,41-,42-,46+;20-,21-/m00/s1. The van der Waals surface area contributed by atoms with Crippen LogP contribution in [0.2, 0.25) is 0 Å². The molecular formula is C77H81N11O10. The molecule has 14 rings (SSSR count). The van der Waals surface area contributed by atoms with E-state index in [9.17, 15) is 28.8 Å². The minimum Gasteiger partial charge on any atom is -0.458 e. The van der Waals surface area contributed by atoms with E-state index in [1.807, 2.05) is 134 Å². The molecule has 4 aliphatic heterocycles. The summed E-state index contributed by atoms with van der Waals surface area (Å²) in [5, 5.41) is 17.4. The maximum Gasteiger partial charge on any atom is 0.408 e. The number of benzene rings is 6. The topological polar surface area (TPSA) is 271 Å². The smallest absolute Gasteiger partial charge is 0.408 e. The van der Waals surface area contributed by atoms with E-state index in [-0.39, 0.29) is 48.2 Å². The Morgan fingerprint density at radius 3 is 1.69 bits per heavy atom. The van der Waals surface area contributed by atoms with Crippen molar-refractivity contribution in [1.29, 1.82) is 0 Å². The molecule has 7 atom stereocenters. The van der Waals surface area contributed by atoms with Gasteiger partial charge in [-0.3, -0.25) is 24.0 Å². The minimum atomic E-state index is -0.916. The van der Waals surface area contributed by atoms with Crippen molar-refractivity contribution in [2.24, 2.45) is 5.92 Å². The number of nitrogens with one attached hydrogen (secondary N) is 7. The Bertz CT molecular complexity index is 4450. The second kappa shape index (κ2) is 29.8. The first-order valence-corrected chi connectivity index (χ1v) is 34.0. The average molecular weight is 1320 g/mol. The van der Waals surface area contributed by atoms with Crippen LogP contribution in [0.5, 0.6) is 0 Å². The number of carbonyl (C=O) groups excluding carboxylic acids is 6. The number of hydrogen-bond donors (Lipinski definition) is 7. The van der Waals surface area contributed by atoms with Gasteiger partial charge in [-0.15, -0.1) is 0 Å². The number of likely N-dealkylation sites (tertiary alicyclic amines) is 2. The monoisotopic (exact) mass is 1320 g/mol. The highest BCUT2D eigenvalue weighted by atomic mass is 16.6. The molecular weight excluding hydrogens is 1240 g/mol. The van der Waals surface area contributed by atoms with Gasteiger partial charge < -0.3 is 64.7 Å². The number of ether oxygens (including phenoxy) is 2. The molecule has 0 radical (unpaired) electrons. The predicted molar refractivity (Wildman–Crippen MR) is 374 cm³/mol. The summed E-state index contributed by atoms with van der Waals surface area (Å²) < 4.78 is 23.3. The van der Waals surface area contributed by atoms with Crippen LogP contribution in [-0.2, 0) is 33.4 Å². The summed E-state index contributed by atoms with van der Waals surface area (Å²) in [4.78, 5) is 98.4. The molecule has 1 unspecified atom stereocenters. The van der Waals surface area contributed by atoms with Crippen molar-refractivity contribution in [2.75, 3.05) is 36.8 Å². The van der Waals surface area contributed by atoms with Crippen LogP contribution in [0.15, 0.2) is 179 Å². The van der Waals surface area contributed by atoms with E-state index in [1.165, 1.54) is 6.42 Å². The minimum absolute atomic E-state index is 0.0298. The van der Waals surface area contributed by atoms with Crippen molar-refractivity contribution in [3.63, 3.8) is 0 Å². The Hall–Kier alpha value is -10.6. The Morgan fingerprint density at radius 1 is 0.551 bits per heavy atom. The van der Waals surface area contributed by atoms with E-state index in [4.69, 9.17) is 23.3 Å². The number of aromatic amines is 2. The fraction of sp³-hybridized carbons (Fsp3) is 0.325. The van der Waals surface area contributed by atoms with Crippen molar-refractivity contribution in [1.82, 2.24) is 45.7 Å². The van der Waals surface area contributed by atoms with E-state index in [2.05, 4.69) is 59.7 Å². The zero-order valence-corrected chi connectivity index (χ0v) is 55.3. The van der Waals surface area contributed by atoms with Gasteiger partial charge in [-0.25, -0.2) is 14.8 Å². The molecule has 4 aliphatic rings. The molecule has 4 fully saturated rings. The largest absolute Gasteiger partial charge is 0.458 e. The maximum absolute atomic E-state index is 14.1. The van der Waals surface area contributed by atoms with Gasteiger partial charge in [0, 0.05) is 63.4 Å². The number of fused-ring (bicyclic) bond motifs is 2. The lowest BCUT2D eigenvalue weighted by atomic mass is 10.0. The van der Waals surface area contributed by atoms with Crippen LogP contribution in [0.4, 0.5) is 16.2 Å². The highest BCUT2D eigenvalue weighted by Crippen LogP contribution is 2.38. The SMILES string of the molecule is CC(C)OC(=O)N[C@@H](C(=O)N1CCC[C@H]1c1ncc(-c2ccc3oc(-c4ccc(NC(=O)[C@@H]5CCCN5C(=O)[C@@H](C)CC(=O)OC(C)c5ccccc5)cc4)cc3c2)[nH]1)c1ccccc1.O=C(Nc1ccc(-c2cc3cc(-c4cnc([C@@H]5CCCN5)[nH]4)ccc3o2)cc1)[C@@H]1CCCN1. The van der Waals surface area contributed by atoms with Crippen LogP contribution < -0.4 is 26.6 Å². The molecule has 98 heavy (non-hydrogen) atoms. The summed E-state index contributed by atoms with van der Waals surface area (Å²) in [5.41, 5.74) is 10.0. The number of rotatable bonds is 19. The van der Waals surface area contributed by atoms with Crippen molar-refractivity contribution in [3.05, 3.63) is 193 Å². The molecule has 4 saturated heterocycles. The molecule has 5 amide bonds. The second-order valence-corrected chi connectivity index (χ2v) is 26.0. The molecule has 10 aromatic rings. The normalized spacial score (nSPS) is 18.5. The number of alkyl carbamates (subject to hydrolysis) is 1. The fourth-order valence-corrected chi connectivity index (χ4v) is 13.5. The zero-order chi connectivity index (χ0) is 67.8. The molecule has 21 heteroatoms. The number of nitrogens with zero attached hydrogens (tertiary/aromatic N) is 4. The van der Waals surface area contributed by atoms with E-state index >= 15 is 0 Å². The van der Waals surface area contributed by atoms with Crippen molar-refractivity contribution in [3.8, 4) is 45.2 Å². The van der Waals surface area contributed by atoms with Gasteiger partial charge in [0.15, 0.2) is 0 Å². The fourth-order valence-electron chi connectivity index (χ4n) is 13.5. The number of anilines is 2. The van der Waals surface area contributed by atoms with E-state index in [0.29, 0.717) is 60.4 Å². The van der Waals surface area contributed by atoms with Crippen LogP contribution in [0.3, 0.4) is 0 Å². The molecule has 21 nitrogen and oxygen atoms in total. The van der Waals surface area contributed by atoms with Gasteiger partial charge in [0.25, 0.3) is 5.91 Å². The van der Waals surface area contributed by atoms with Gasteiger partial charge in [0.05, 0.1) is 54.4 Å². The van der Waals surface area contributed by atoms with Crippen LogP contribution >= 0.6 is 0 Å². The summed E-state index contributed by atoms with van der Waals surface area (Å²) in [7, 11) is 0. The molecule has 504 valence electrons. The summed E-state index contributed by atoms with van der Waals surface area (Å²) >= 11 is 0. The Kier molecular flexibility index (Phi) is 20.1. The van der Waals surface area contributed by atoms with Crippen LogP contribution in [-0.4, -0.2) is 110 Å². The number of carbonyl (C=O) groups is 6. The van der Waals surface area contributed by atoms with E-state index < -0.39 is 36.2 Å². The third kappa shape index (κ3) is 15.3. The average Bonchev–Trinajstić information content (AvgIpc) is 1.73. The third-order valence-corrected chi connectivity index (χ3v) is 18.6. The molecule has 7 N–H and O–H groups in total. The van der Waals surface area contributed by atoms with Crippen molar-refractivity contribution in [2.45, 2.75) is 128 Å². The van der Waals surface area contributed by atoms with Gasteiger partial charge in [-0.05, 0) is 193 Å². The second-order valence-electron chi connectivity index (χ2n) is 26.0. The highest BCUT2D eigenvalue weighted by molar-refractivity contribution is 5.99. The number of amides is 5. The molecule has 0 aliphatic carbocycles. The van der Waals surface area contributed by atoms with E-state index in [1.54, 1.807) is 55.8 Å². The van der Waals surface area contributed by atoms with Crippen LogP contribution in [0.1, 0.15) is 132 Å². The first kappa shape index (κ1) is 66.0. The van der Waals surface area contributed by atoms with Crippen molar-refractivity contribution < 1.29 is 47.1 Å². The summed E-state index contributed by atoms with van der Waals surface area (Å²) in [5.74, 6) is 1.30. The molecule has 4 aromatic heterocycles. The number of furan rings is 2. The van der Waals surface area contributed by atoms with Crippen LogP contribution in [0, 0.1) is 5.92 Å². The third-order valence-electron chi connectivity index (χ3n) is 18.6. The van der Waals surface area contributed by atoms with Gasteiger partial charge in [-0.1, -0.05) is 67.6 Å². The summed E-state index contributed by atoms with van der Waals surface area (Å²) in [6.07, 6.45) is 9.15. The summed E-state index contributed by atoms with van der Waals surface area (Å²) in [6, 6.07) is 48.2. The number of imidazole rings is 2. The van der Waals surface area contributed by atoms with E-state index in [0.717, 1.165) is 118 Å². The van der Waals surface area contributed by atoms with Gasteiger partial charge in [0.2, 0.25) is 17.7 Å². The molecule has 6 aromatic carbocycles. The Balaban J connectivity index is 0.000000217.